The van der Waals surface area contributed by atoms with Gasteiger partial charge in [0.15, 0.2) is 0 Å². The molecule has 1 aromatic carbocycles. The zero-order valence-electron chi connectivity index (χ0n) is 11.2. The van der Waals surface area contributed by atoms with Crippen molar-refractivity contribution in [2.24, 2.45) is 5.73 Å². The third-order valence-corrected chi connectivity index (χ3v) is 3.68. The molecule has 0 unspecified atom stereocenters. The van der Waals surface area contributed by atoms with Gasteiger partial charge in [-0.2, -0.15) is 13.2 Å². The Morgan fingerprint density at radius 2 is 1.95 bits per heavy atom. The zero-order chi connectivity index (χ0) is 15.6. The van der Waals surface area contributed by atoms with Gasteiger partial charge in [0, 0.05) is 29.9 Å². The molecule has 116 valence electrons. The van der Waals surface area contributed by atoms with Crippen molar-refractivity contribution in [1.29, 1.82) is 0 Å². The van der Waals surface area contributed by atoms with Crippen LogP contribution >= 0.6 is 0 Å². The predicted octanol–water partition coefficient (Wildman–Crippen LogP) is 3.30. The Morgan fingerprint density at radius 1 is 1.29 bits per heavy atom. The van der Waals surface area contributed by atoms with E-state index in [-0.39, 0.29) is 17.8 Å². The van der Waals surface area contributed by atoms with Crippen molar-refractivity contribution in [1.82, 2.24) is 0 Å². The van der Waals surface area contributed by atoms with Crippen LogP contribution in [0.15, 0.2) is 18.2 Å². The first-order valence-corrected chi connectivity index (χ1v) is 6.67. The van der Waals surface area contributed by atoms with Gasteiger partial charge in [-0.15, -0.1) is 0 Å². The first kappa shape index (κ1) is 15.6. The van der Waals surface area contributed by atoms with Crippen molar-refractivity contribution in [3.8, 4) is 0 Å². The van der Waals surface area contributed by atoms with Crippen LogP contribution in [0.1, 0.15) is 31.2 Å². The van der Waals surface area contributed by atoms with E-state index in [1.807, 2.05) is 0 Å². The summed E-state index contributed by atoms with van der Waals surface area (Å²) in [4.78, 5) is 9.79. The fourth-order valence-electron chi connectivity index (χ4n) is 2.54. The van der Waals surface area contributed by atoms with Crippen molar-refractivity contribution in [3.63, 3.8) is 0 Å². The molecule has 0 saturated heterocycles. The smallest absolute Gasteiger partial charge is 0.380 e. The SMILES string of the molecule is N[C@@H]1CCCC[C@H]1Nc1ccc([N+](=O)[O-])cc1C(F)(F)F. The van der Waals surface area contributed by atoms with Crippen LogP contribution in [0, 0.1) is 10.1 Å². The third kappa shape index (κ3) is 3.63. The standard InChI is InChI=1S/C13H16F3N3O2/c14-13(15,16)9-7-8(19(20)21)5-6-11(9)18-12-4-2-1-3-10(12)17/h5-7,10,12,18H,1-4,17H2/t10-,12-/m1/s1. The Morgan fingerprint density at radius 3 is 2.52 bits per heavy atom. The molecular weight excluding hydrogens is 287 g/mol. The monoisotopic (exact) mass is 303 g/mol. The lowest BCUT2D eigenvalue weighted by molar-refractivity contribution is -0.385. The molecule has 1 fully saturated rings. The van der Waals surface area contributed by atoms with E-state index in [1.54, 1.807) is 0 Å². The van der Waals surface area contributed by atoms with Gasteiger partial charge >= 0.3 is 6.18 Å². The average molecular weight is 303 g/mol. The second kappa shape index (κ2) is 5.88. The number of nitro benzene ring substituents is 1. The Labute approximate surface area is 119 Å². The number of halogens is 3. The van der Waals surface area contributed by atoms with Gasteiger partial charge in [-0.25, -0.2) is 0 Å². The van der Waals surface area contributed by atoms with Gasteiger partial charge in [0.25, 0.3) is 5.69 Å². The summed E-state index contributed by atoms with van der Waals surface area (Å²) in [6.07, 6.45) is -1.35. The first-order valence-electron chi connectivity index (χ1n) is 6.67. The Kier molecular flexibility index (Phi) is 4.36. The predicted molar refractivity (Wildman–Crippen MR) is 72.0 cm³/mol. The van der Waals surface area contributed by atoms with Gasteiger partial charge in [0.2, 0.25) is 0 Å². The molecule has 0 heterocycles. The van der Waals surface area contributed by atoms with Gasteiger partial charge in [0.05, 0.1) is 10.5 Å². The largest absolute Gasteiger partial charge is 0.418 e. The molecule has 21 heavy (non-hydrogen) atoms. The average Bonchev–Trinajstić information content (AvgIpc) is 2.40. The van der Waals surface area contributed by atoms with Gasteiger partial charge in [-0.3, -0.25) is 10.1 Å². The first-order chi connectivity index (χ1) is 9.79. The summed E-state index contributed by atoms with van der Waals surface area (Å²) in [5.41, 5.74) is 4.14. The van der Waals surface area contributed by atoms with Crippen LogP contribution in [-0.2, 0) is 6.18 Å². The van der Waals surface area contributed by atoms with Crippen LogP contribution in [0.5, 0.6) is 0 Å². The highest BCUT2D eigenvalue weighted by Crippen LogP contribution is 2.38. The molecule has 2 atom stereocenters. The summed E-state index contributed by atoms with van der Waals surface area (Å²) in [6.45, 7) is 0. The van der Waals surface area contributed by atoms with Crippen molar-refractivity contribution in [2.45, 2.75) is 43.9 Å². The minimum atomic E-state index is -4.66. The molecule has 0 aromatic heterocycles. The quantitative estimate of drug-likeness (QED) is 0.663. The Bertz CT molecular complexity index is 534. The Balaban J connectivity index is 2.31. The topological polar surface area (TPSA) is 81.2 Å². The van der Waals surface area contributed by atoms with Crippen LogP contribution in [0.2, 0.25) is 0 Å². The molecule has 2 rings (SSSR count). The molecule has 5 nitrogen and oxygen atoms in total. The van der Waals surface area contributed by atoms with Gasteiger partial charge in [-0.1, -0.05) is 12.8 Å². The van der Waals surface area contributed by atoms with E-state index in [0.29, 0.717) is 12.5 Å². The summed E-state index contributed by atoms with van der Waals surface area (Å²) < 4.78 is 39.1. The van der Waals surface area contributed by atoms with Crippen LogP contribution < -0.4 is 11.1 Å². The van der Waals surface area contributed by atoms with Crippen LogP contribution in [0.4, 0.5) is 24.5 Å². The molecule has 3 N–H and O–H groups in total. The number of anilines is 1. The number of benzene rings is 1. The number of non-ortho nitro benzene ring substituents is 1. The van der Waals surface area contributed by atoms with Gasteiger partial charge < -0.3 is 11.1 Å². The zero-order valence-corrected chi connectivity index (χ0v) is 11.2. The molecule has 0 radical (unpaired) electrons. The minimum absolute atomic E-state index is 0.157. The maximum Gasteiger partial charge on any atom is 0.418 e. The molecule has 0 amide bonds. The summed E-state index contributed by atoms with van der Waals surface area (Å²) in [5, 5.41) is 13.4. The number of rotatable bonds is 3. The normalized spacial score (nSPS) is 22.9. The number of nitrogens with two attached hydrogens (primary N) is 1. The summed E-state index contributed by atoms with van der Waals surface area (Å²) in [7, 11) is 0. The lowest BCUT2D eigenvalue weighted by Gasteiger charge is -2.31. The van der Waals surface area contributed by atoms with Crippen molar-refractivity contribution in [3.05, 3.63) is 33.9 Å². The van der Waals surface area contributed by atoms with E-state index in [1.165, 1.54) is 0 Å². The fourth-order valence-corrected chi connectivity index (χ4v) is 2.54. The van der Waals surface area contributed by atoms with Crippen LogP contribution in [-0.4, -0.2) is 17.0 Å². The van der Waals surface area contributed by atoms with Crippen LogP contribution in [0.25, 0.3) is 0 Å². The summed E-state index contributed by atoms with van der Waals surface area (Å²) >= 11 is 0. The van der Waals surface area contributed by atoms with E-state index >= 15 is 0 Å². The summed E-state index contributed by atoms with van der Waals surface area (Å²) in [5.74, 6) is 0. The second-order valence-electron chi connectivity index (χ2n) is 5.18. The van der Waals surface area contributed by atoms with Gasteiger partial charge in [-0.05, 0) is 18.9 Å². The molecular formula is C13H16F3N3O2. The number of nitrogens with one attached hydrogen (secondary N) is 1. The minimum Gasteiger partial charge on any atom is -0.380 e. The highest BCUT2D eigenvalue weighted by molar-refractivity contribution is 5.58. The van der Waals surface area contributed by atoms with E-state index < -0.39 is 22.4 Å². The lowest BCUT2D eigenvalue weighted by Crippen LogP contribution is -2.42. The number of hydrogen-bond acceptors (Lipinski definition) is 4. The fraction of sp³-hybridized carbons (Fsp3) is 0.538. The van der Waals surface area contributed by atoms with E-state index in [0.717, 1.165) is 31.4 Å². The van der Waals surface area contributed by atoms with E-state index in [2.05, 4.69) is 5.32 Å². The summed E-state index contributed by atoms with van der Waals surface area (Å²) in [6, 6.07) is 2.25. The highest BCUT2D eigenvalue weighted by Gasteiger charge is 2.36. The van der Waals surface area contributed by atoms with Crippen molar-refractivity contribution in [2.75, 3.05) is 5.32 Å². The van der Waals surface area contributed by atoms with E-state index in [9.17, 15) is 23.3 Å². The molecule has 1 aliphatic carbocycles. The molecule has 1 saturated carbocycles. The van der Waals surface area contributed by atoms with E-state index in [4.69, 9.17) is 5.73 Å². The lowest BCUT2D eigenvalue weighted by atomic mass is 9.90. The number of nitro groups is 1. The molecule has 0 aliphatic heterocycles. The number of nitrogens with zero attached hydrogens (tertiary/aromatic N) is 1. The second-order valence-corrected chi connectivity index (χ2v) is 5.18. The van der Waals surface area contributed by atoms with Crippen molar-refractivity contribution < 1.29 is 18.1 Å². The maximum atomic E-state index is 13.0. The maximum absolute atomic E-state index is 13.0. The van der Waals surface area contributed by atoms with Crippen LogP contribution in [0.3, 0.4) is 0 Å². The third-order valence-electron chi connectivity index (χ3n) is 3.68. The van der Waals surface area contributed by atoms with Gasteiger partial charge in [0.1, 0.15) is 0 Å². The molecule has 0 spiro atoms. The molecule has 1 aliphatic rings. The molecule has 1 aromatic rings. The Hall–Kier alpha value is -1.83. The molecule has 0 bridgehead atoms. The molecule has 8 heteroatoms. The van der Waals surface area contributed by atoms with Crippen molar-refractivity contribution >= 4 is 11.4 Å². The number of alkyl halides is 3. The highest BCUT2D eigenvalue weighted by atomic mass is 19.4. The number of hydrogen-bond donors (Lipinski definition) is 2.